The van der Waals surface area contributed by atoms with E-state index in [4.69, 9.17) is 21.7 Å². The lowest BCUT2D eigenvalue weighted by Gasteiger charge is -2.31. The van der Waals surface area contributed by atoms with Gasteiger partial charge < -0.3 is 9.47 Å². The summed E-state index contributed by atoms with van der Waals surface area (Å²) in [6, 6.07) is 10.2. The van der Waals surface area contributed by atoms with E-state index in [1.165, 1.54) is 0 Å². The second-order valence-corrected chi connectivity index (χ2v) is 7.07. The lowest BCUT2D eigenvalue weighted by atomic mass is 9.71. The Hall–Kier alpha value is -1.45. The van der Waals surface area contributed by atoms with Crippen LogP contribution in [0.4, 0.5) is 0 Å². The molecule has 0 aliphatic carbocycles. The zero-order chi connectivity index (χ0) is 16.9. The van der Waals surface area contributed by atoms with Crippen molar-refractivity contribution >= 4 is 17.3 Å². The SMILES string of the molecule is C=CCC1C(COCc2ccccc2)OC(=S)C1C(C)(C)C=C. The van der Waals surface area contributed by atoms with E-state index >= 15 is 0 Å². The molecular weight excluding hydrogens is 304 g/mol. The third-order valence-electron chi connectivity index (χ3n) is 4.59. The lowest BCUT2D eigenvalue weighted by Crippen LogP contribution is -2.33. The molecule has 2 rings (SSSR count). The Kier molecular flexibility index (Phi) is 6.14. The summed E-state index contributed by atoms with van der Waals surface area (Å²) in [4.78, 5) is 0. The fraction of sp³-hybridized carbons (Fsp3) is 0.450. The van der Waals surface area contributed by atoms with Crippen molar-refractivity contribution < 1.29 is 9.47 Å². The highest BCUT2D eigenvalue weighted by molar-refractivity contribution is 7.80. The number of ether oxygens (including phenoxy) is 2. The molecule has 0 bridgehead atoms. The summed E-state index contributed by atoms with van der Waals surface area (Å²) in [5.41, 5.74) is 1.06. The predicted molar refractivity (Wildman–Crippen MR) is 99.3 cm³/mol. The number of thiocarbonyl (C=S) groups is 1. The molecule has 0 radical (unpaired) electrons. The summed E-state index contributed by atoms with van der Waals surface area (Å²) < 4.78 is 11.9. The predicted octanol–water partition coefficient (Wildman–Crippen LogP) is 4.95. The molecule has 0 aromatic heterocycles. The molecule has 0 saturated carbocycles. The zero-order valence-corrected chi connectivity index (χ0v) is 14.9. The molecule has 3 atom stereocenters. The molecule has 1 aliphatic rings. The molecule has 1 saturated heterocycles. The Morgan fingerprint density at radius 3 is 2.57 bits per heavy atom. The molecule has 23 heavy (non-hydrogen) atoms. The van der Waals surface area contributed by atoms with Crippen LogP contribution in [0.15, 0.2) is 55.6 Å². The van der Waals surface area contributed by atoms with E-state index in [2.05, 4.69) is 39.1 Å². The number of rotatable bonds is 8. The van der Waals surface area contributed by atoms with Gasteiger partial charge in [0.2, 0.25) is 0 Å². The van der Waals surface area contributed by atoms with Crippen molar-refractivity contribution in [3.8, 4) is 0 Å². The summed E-state index contributed by atoms with van der Waals surface area (Å²) in [6.45, 7) is 13.3. The molecule has 3 heteroatoms. The topological polar surface area (TPSA) is 18.5 Å². The Bertz CT molecular complexity index is 550. The quantitative estimate of drug-likeness (QED) is 0.496. The highest BCUT2D eigenvalue weighted by atomic mass is 32.1. The molecule has 124 valence electrons. The normalized spacial score (nSPS) is 24.3. The fourth-order valence-corrected chi connectivity index (χ4v) is 3.79. The number of hydrogen-bond acceptors (Lipinski definition) is 3. The zero-order valence-electron chi connectivity index (χ0n) is 14.0. The average molecular weight is 330 g/mol. The molecule has 3 unspecified atom stereocenters. The van der Waals surface area contributed by atoms with Crippen molar-refractivity contribution in [1.29, 1.82) is 0 Å². The van der Waals surface area contributed by atoms with Gasteiger partial charge in [-0.2, -0.15) is 0 Å². The van der Waals surface area contributed by atoms with Crippen LogP contribution in [0.3, 0.4) is 0 Å². The van der Waals surface area contributed by atoms with E-state index < -0.39 is 0 Å². The van der Waals surface area contributed by atoms with Gasteiger partial charge in [0.25, 0.3) is 0 Å². The van der Waals surface area contributed by atoms with E-state index in [0.717, 1.165) is 12.0 Å². The van der Waals surface area contributed by atoms with E-state index in [1.54, 1.807) is 0 Å². The lowest BCUT2D eigenvalue weighted by molar-refractivity contribution is 0.0223. The van der Waals surface area contributed by atoms with Crippen LogP contribution in [-0.4, -0.2) is 17.8 Å². The van der Waals surface area contributed by atoms with Gasteiger partial charge in [0.05, 0.1) is 13.2 Å². The minimum atomic E-state index is -0.0983. The Balaban J connectivity index is 2.01. The maximum absolute atomic E-state index is 5.98. The molecule has 1 aliphatic heterocycles. The molecule has 1 aromatic carbocycles. The maximum atomic E-state index is 5.98. The smallest absolute Gasteiger partial charge is 0.164 e. The minimum Gasteiger partial charge on any atom is -0.481 e. The van der Waals surface area contributed by atoms with Gasteiger partial charge in [-0.1, -0.05) is 56.3 Å². The number of allylic oxidation sites excluding steroid dienone is 2. The van der Waals surface area contributed by atoms with Crippen molar-refractivity contribution in [2.24, 2.45) is 17.3 Å². The maximum Gasteiger partial charge on any atom is 0.164 e. The van der Waals surface area contributed by atoms with E-state index in [1.807, 2.05) is 30.4 Å². The van der Waals surface area contributed by atoms with Gasteiger partial charge in [0.1, 0.15) is 6.10 Å². The van der Waals surface area contributed by atoms with Crippen molar-refractivity contribution in [3.05, 3.63) is 61.2 Å². The summed E-state index contributed by atoms with van der Waals surface area (Å²) in [6.07, 6.45) is 4.75. The van der Waals surface area contributed by atoms with Gasteiger partial charge in [0.15, 0.2) is 5.05 Å². The van der Waals surface area contributed by atoms with E-state index in [9.17, 15) is 0 Å². The van der Waals surface area contributed by atoms with Gasteiger partial charge in [-0.3, -0.25) is 0 Å². The van der Waals surface area contributed by atoms with Crippen LogP contribution >= 0.6 is 12.2 Å². The van der Waals surface area contributed by atoms with Crippen LogP contribution in [-0.2, 0) is 16.1 Å². The minimum absolute atomic E-state index is 0.0200. The monoisotopic (exact) mass is 330 g/mol. The Morgan fingerprint density at radius 1 is 1.26 bits per heavy atom. The Morgan fingerprint density at radius 2 is 1.96 bits per heavy atom. The van der Waals surface area contributed by atoms with Crippen LogP contribution < -0.4 is 0 Å². The first-order valence-electron chi connectivity index (χ1n) is 8.06. The van der Waals surface area contributed by atoms with Gasteiger partial charge in [-0.15, -0.1) is 13.2 Å². The largest absolute Gasteiger partial charge is 0.481 e. The molecule has 0 N–H and O–H groups in total. The van der Waals surface area contributed by atoms with Gasteiger partial charge >= 0.3 is 0 Å². The van der Waals surface area contributed by atoms with Gasteiger partial charge in [-0.05, 0) is 29.6 Å². The van der Waals surface area contributed by atoms with Gasteiger partial charge in [-0.25, -0.2) is 0 Å². The summed E-state index contributed by atoms with van der Waals surface area (Å²) in [5.74, 6) is 0.446. The molecule has 0 spiro atoms. The summed E-state index contributed by atoms with van der Waals surface area (Å²) in [5, 5.41) is 0.676. The molecule has 1 heterocycles. The second-order valence-electron chi connectivity index (χ2n) is 6.67. The van der Waals surface area contributed by atoms with Crippen LogP contribution in [0.2, 0.25) is 0 Å². The van der Waals surface area contributed by atoms with Crippen LogP contribution in [0.1, 0.15) is 25.8 Å². The van der Waals surface area contributed by atoms with Crippen LogP contribution in [0, 0.1) is 17.3 Å². The standard InChI is InChI=1S/C20H26O2S/c1-5-10-16-17(14-21-13-15-11-8-7-9-12-15)22-19(23)18(16)20(3,4)6-2/h5-9,11-12,16-18H,1-2,10,13-14H2,3-4H3. The third-order valence-corrected chi connectivity index (χ3v) is 4.94. The van der Waals surface area contributed by atoms with Gasteiger partial charge in [0, 0.05) is 11.8 Å². The van der Waals surface area contributed by atoms with Crippen LogP contribution in [0.5, 0.6) is 0 Å². The highest BCUT2D eigenvalue weighted by Crippen LogP contribution is 2.44. The second kappa shape index (κ2) is 7.89. The molecule has 1 aromatic rings. The first-order valence-corrected chi connectivity index (χ1v) is 8.47. The Labute approximate surface area is 145 Å². The van der Waals surface area contributed by atoms with E-state index in [0.29, 0.717) is 18.3 Å². The number of hydrogen-bond donors (Lipinski definition) is 0. The van der Waals surface area contributed by atoms with Crippen molar-refractivity contribution in [2.45, 2.75) is 33.0 Å². The van der Waals surface area contributed by atoms with Crippen molar-refractivity contribution in [1.82, 2.24) is 0 Å². The summed E-state index contributed by atoms with van der Waals surface area (Å²) >= 11 is 5.51. The third kappa shape index (κ3) is 4.30. The fourth-order valence-electron chi connectivity index (χ4n) is 3.19. The van der Waals surface area contributed by atoms with Crippen molar-refractivity contribution in [3.63, 3.8) is 0 Å². The molecular formula is C20H26O2S. The molecule has 0 amide bonds. The molecule has 1 fully saturated rings. The summed E-state index contributed by atoms with van der Waals surface area (Å²) in [7, 11) is 0. The molecule has 2 nitrogen and oxygen atoms in total. The van der Waals surface area contributed by atoms with Crippen molar-refractivity contribution in [2.75, 3.05) is 6.61 Å². The highest BCUT2D eigenvalue weighted by Gasteiger charge is 2.47. The first kappa shape index (κ1) is 17.9. The average Bonchev–Trinajstić information content (AvgIpc) is 2.85. The number of benzene rings is 1. The van der Waals surface area contributed by atoms with Crippen LogP contribution in [0.25, 0.3) is 0 Å². The first-order chi connectivity index (χ1) is 11.0. The van der Waals surface area contributed by atoms with E-state index in [-0.39, 0.29) is 23.4 Å².